The van der Waals surface area contributed by atoms with Crippen LogP contribution in [0.1, 0.15) is 19.3 Å². The molecule has 0 saturated carbocycles. The van der Waals surface area contributed by atoms with Gasteiger partial charge in [0.2, 0.25) is 5.91 Å². The number of hydrogen-bond donors (Lipinski definition) is 2. The molecule has 0 aliphatic heterocycles. The molecule has 0 spiro atoms. The summed E-state index contributed by atoms with van der Waals surface area (Å²) in [5.41, 5.74) is 2.30. The van der Waals surface area contributed by atoms with Gasteiger partial charge in [0, 0.05) is 20.0 Å². The lowest BCUT2D eigenvalue weighted by molar-refractivity contribution is -0.121. The van der Waals surface area contributed by atoms with Crippen molar-refractivity contribution in [1.29, 1.82) is 0 Å². The van der Waals surface area contributed by atoms with Gasteiger partial charge in [-0.15, -0.1) is 5.10 Å². The molecule has 2 aromatic rings. The normalized spacial score (nSPS) is 10.8. The molecule has 0 unspecified atom stereocenters. The Kier molecular flexibility index (Phi) is 3.85. The van der Waals surface area contributed by atoms with E-state index in [-0.39, 0.29) is 11.5 Å². The third kappa shape index (κ3) is 2.76. The Morgan fingerprint density at radius 3 is 3.00 bits per heavy atom. The van der Waals surface area contributed by atoms with Crippen molar-refractivity contribution in [3.63, 3.8) is 0 Å². The molecule has 0 saturated heterocycles. The molecule has 102 valence electrons. The van der Waals surface area contributed by atoms with Crippen LogP contribution >= 0.6 is 0 Å². The van der Waals surface area contributed by atoms with Crippen LogP contribution in [-0.4, -0.2) is 30.7 Å². The second-order valence-corrected chi connectivity index (χ2v) is 4.15. The van der Waals surface area contributed by atoms with Gasteiger partial charge < -0.3 is 0 Å². The van der Waals surface area contributed by atoms with Crippen LogP contribution in [-0.2, 0) is 18.4 Å². The lowest BCUT2D eigenvalue weighted by Gasteiger charge is -2.03. The number of aromatic nitrogens is 5. The van der Waals surface area contributed by atoms with Crippen LogP contribution in [0.5, 0.6) is 0 Å². The summed E-state index contributed by atoms with van der Waals surface area (Å²) in [6.45, 7) is 0.411. The first-order chi connectivity index (χ1) is 9.13. The van der Waals surface area contributed by atoms with Crippen molar-refractivity contribution in [3.05, 3.63) is 16.6 Å². The van der Waals surface area contributed by atoms with Gasteiger partial charge in [0.05, 0.1) is 6.20 Å². The number of nitrogens with one attached hydrogen (secondary N) is 1. The maximum atomic E-state index is 12.0. The van der Waals surface area contributed by atoms with Gasteiger partial charge in [-0.2, -0.15) is 5.10 Å². The van der Waals surface area contributed by atoms with Gasteiger partial charge in [0.15, 0.2) is 5.65 Å². The lowest BCUT2D eigenvalue weighted by Crippen LogP contribution is -2.29. The van der Waals surface area contributed by atoms with E-state index >= 15 is 0 Å². The first-order valence-corrected chi connectivity index (χ1v) is 5.88. The van der Waals surface area contributed by atoms with Crippen LogP contribution in [0.15, 0.2) is 11.0 Å². The Bertz CT molecular complexity index is 645. The van der Waals surface area contributed by atoms with Crippen molar-refractivity contribution in [3.8, 4) is 0 Å². The molecule has 19 heavy (non-hydrogen) atoms. The number of hydrazine groups is 1. The van der Waals surface area contributed by atoms with Crippen molar-refractivity contribution in [2.24, 2.45) is 12.9 Å². The molecule has 2 rings (SSSR count). The third-order valence-corrected chi connectivity index (χ3v) is 2.80. The average molecular weight is 265 g/mol. The van der Waals surface area contributed by atoms with Gasteiger partial charge in [-0.25, -0.2) is 15.2 Å². The number of carbonyl (C=O) groups is 1. The molecular formula is C10H15N7O2. The Balaban J connectivity index is 2.03. The summed E-state index contributed by atoms with van der Waals surface area (Å²) in [6, 6.07) is 0. The first-order valence-electron chi connectivity index (χ1n) is 5.88. The number of nitrogens with two attached hydrogens (primary N) is 1. The van der Waals surface area contributed by atoms with Crippen LogP contribution in [0, 0.1) is 0 Å². The number of rotatable bonds is 5. The fraction of sp³-hybridized carbons (Fsp3) is 0.500. The second kappa shape index (κ2) is 5.57. The Morgan fingerprint density at radius 1 is 1.47 bits per heavy atom. The van der Waals surface area contributed by atoms with E-state index in [1.807, 2.05) is 0 Å². The summed E-state index contributed by atoms with van der Waals surface area (Å²) < 4.78 is 2.78. The highest BCUT2D eigenvalue weighted by atomic mass is 16.2. The minimum atomic E-state index is -0.221. The summed E-state index contributed by atoms with van der Waals surface area (Å²) in [6.07, 6.45) is 3.08. The molecule has 0 bridgehead atoms. The van der Waals surface area contributed by atoms with E-state index in [1.54, 1.807) is 7.05 Å². The standard InChI is InChI=1S/C10H15N7O2/c1-16-9-7(6-12-16)10(19)17(15-14-9)5-3-2-4-8(18)13-11/h6H,2-5,11H2,1H3,(H,13,18). The molecule has 0 aliphatic carbocycles. The van der Waals surface area contributed by atoms with Gasteiger partial charge in [-0.05, 0) is 12.8 Å². The second-order valence-electron chi connectivity index (χ2n) is 4.15. The molecule has 1 amide bonds. The maximum absolute atomic E-state index is 12.0. The topological polar surface area (TPSA) is 121 Å². The van der Waals surface area contributed by atoms with E-state index in [4.69, 9.17) is 5.84 Å². The van der Waals surface area contributed by atoms with Crippen LogP contribution < -0.4 is 16.8 Å². The minimum Gasteiger partial charge on any atom is -0.294 e. The van der Waals surface area contributed by atoms with Gasteiger partial charge in [-0.3, -0.25) is 15.0 Å². The minimum absolute atomic E-state index is 0.221. The van der Waals surface area contributed by atoms with E-state index in [2.05, 4.69) is 20.8 Å². The average Bonchev–Trinajstić information content (AvgIpc) is 2.79. The smallest absolute Gasteiger partial charge is 0.280 e. The zero-order valence-electron chi connectivity index (χ0n) is 10.5. The van der Waals surface area contributed by atoms with Gasteiger partial charge in [0.1, 0.15) is 5.39 Å². The van der Waals surface area contributed by atoms with E-state index in [0.717, 1.165) is 0 Å². The van der Waals surface area contributed by atoms with Crippen LogP contribution in [0.3, 0.4) is 0 Å². The Labute approximate surface area is 108 Å². The Morgan fingerprint density at radius 2 is 2.26 bits per heavy atom. The predicted octanol–water partition coefficient (Wildman–Crippen LogP) is -1.31. The van der Waals surface area contributed by atoms with E-state index in [1.165, 1.54) is 15.6 Å². The molecule has 0 aromatic carbocycles. The summed E-state index contributed by atoms with van der Waals surface area (Å²) in [5.74, 6) is 4.75. The fourth-order valence-corrected chi connectivity index (χ4v) is 1.74. The van der Waals surface area contributed by atoms with Crippen molar-refractivity contribution in [2.45, 2.75) is 25.8 Å². The number of fused-ring (bicyclic) bond motifs is 1. The van der Waals surface area contributed by atoms with Gasteiger partial charge in [-0.1, -0.05) is 5.21 Å². The number of amides is 1. The summed E-state index contributed by atoms with van der Waals surface area (Å²) >= 11 is 0. The fourth-order valence-electron chi connectivity index (χ4n) is 1.74. The molecule has 0 atom stereocenters. The molecule has 2 aromatic heterocycles. The summed E-state index contributed by atoms with van der Waals surface area (Å²) in [7, 11) is 1.70. The molecule has 0 fully saturated rings. The molecule has 3 N–H and O–H groups in total. The highest BCUT2D eigenvalue weighted by molar-refractivity contribution is 5.75. The van der Waals surface area contributed by atoms with Crippen LogP contribution in [0.4, 0.5) is 0 Å². The van der Waals surface area contributed by atoms with Gasteiger partial charge >= 0.3 is 0 Å². The number of carbonyl (C=O) groups excluding carboxylic acids is 1. The van der Waals surface area contributed by atoms with Crippen molar-refractivity contribution in [1.82, 2.24) is 30.2 Å². The predicted molar refractivity (Wildman–Crippen MR) is 66.7 cm³/mol. The van der Waals surface area contributed by atoms with Crippen molar-refractivity contribution < 1.29 is 4.79 Å². The largest absolute Gasteiger partial charge is 0.294 e. The molecule has 9 heteroatoms. The van der Waals surface area contributed by atoms with E-state index in [0.29, 0.717) is 36.8 Å². The van der Waals surface area contributed by atoms with Crippen LogP contribution in [0.2, 0.25) is 0 Å². The lowest BCUT2D eigenvalue weighted by atomic mass is 10.2. The Hall–Kier alpha value is -2.29. The summed E-state index contributed by atoms with van der Waals surface area (Å²) in [5, 5.41) is 12.2. The SMILES string of the molecule is Cn1ncc2c(=O)n(CCCCC(=O)NN)nnc21. The quantitative estimate of drug-likeness (QED) is 0.299. The monoisotopic (exact) mass is 265 g/mol. The maximum Gasteiger partial charge on any atom is 0.280 e. The van der Waals surface area contributed by atoms with E-state index < -0.39 is 0 Å². The molecular weight excluding hydrogens is 250 g/mol. The van der Waals surface area contributed by atoms with E-state index in [9.17, 15) is 9.59 Å². The number of hydrogen-bond acceptors (Lipinski definition) is 6. The molecule has 2 heterocycles. The number of aryl methyl sites for hydroxylation is 2. The number of unbranched alkanes of at least 4 members (excludes halogenated alkanes) is 1. The van der Waals surface area contributed by atoms with Crippen molar-refractivity contribution >= 4 is 16.9 Å². The third-order valence-electron chi connectivity index (χ3n) is 2.80. The van der Waals surface area contributed by atoms with Crippen molar-refractivity contribution in [2.75, 3.05) is 0 Å². The zero-order valence-corrected chi connectivity index (χ0v) is 10.5. The molecule has 9 nitrogen and oxygen atoms in total. The first kappa shape index (κ1) is 13.1. The highest BCUT2D eigenvalue weighted by Gasteiger charge is 2.09. The molecule has 0 aliphatic rings. The van der Waals surface area contributed by atoms with Crippen LogP contribution in [0.25, 0.3) is 11.0 Å². The van der Waals surface area contributed by atoms with Gasteiger partial charge in [0.25, 0.3) is 5.56 Å². The highest BCUT2D eigenvalue weighted by Crippen LogP contribution is 2.02. The summed E-state index contributed by atoms with van der Waals surface area (Å²) in [4.78, 5) is 23.0. The molecule has 0 radical (unpaired) electrons. The zero-order chi connectivity index (χ0) is 13.8. The number of nitrogens with zero attached hydrogens (tertiary/aromatic N) is 5.